The van der Waals surface area contributed by atoms with E-state index in [-0.39, 0.29) is 35.4 Å². The number of hydrogen-bond acceptors (Lipinski definition) is 16. The second-order valence-corrected chi connectivity index (χ2v) is 12.5. The van der Waals surface area contributed by atoms with Gasteiger partial charge in [0.15, 0.2) is 23.2 Å². The van der Waals surface area contributed by atoms with Crippen molar-refractivity contribution < 1.29 is 57.0 Å². The summed E-state index contributed by atoms with van der Waals surface area (Å²) >= 11 is 2.54. The molecule has 0 saturated carbocycles. The van der Waals surface area contributed by atoms with Crippen molar-refractivity contribution in [2.75, 3.05) is 37.1 Å². The number of hydrogen-bond donors (Lipinski definition) is 4. The molecule has 256 valence electrons. The van der Waals surface area contributed by atoms with Gasteiger partial charge < -0.3 is 30.1 Å². The van der Waals surface area contributed by atoms with Crippen molar-refractivity contribution in [2.45, 2.75) is 29.3 Å². The number of nitrogens with one attached hydrogen (secondary N) is 2. The molecule has 0 radical (unpaired) electrons. The number of carboxylic acids is 2. The zero-order valence-corrected chi connectivity index (χ0v) is 26.5. The van der Waals surface area contributed by atoms with Crippen molar-refractivity contribution in [3.05, 3.63) is 11.1 Å². The molecule has 4 N–H and O–H groups in total. The van der Waals surface area contributed by atoms with E-state index in [0.717, 1.165) is 40.7 Å². The topological polar surface area (TPSA) is 253 Å². The van der Waals surface area contributed by atoms with Gasteiger partial charge in [-0.15, -0.1) is 34.6 Å². The average Bonchev–Trinajstić information content (AvgIpc) is 3.69. The van der Waals surface area contributed by atoms with E-state index in [0.29, 0.717) is 11.3 Å². The maximum atomic E-state index is 13.2. The summed E-state index contributed by atoms with van der Waals surface area (Å²) < 4.78 is 39.0. The molecule has 2 saturated heterocycles. The van der Waals surface area contributed by atoms with Crippen molar-refractivity contribution >= 4 is 81.1 Å². The van der Waals surface area contributed by atoms with Gasteiger partial charge in [0.25, 0.3) is 5.91 Å². The molecule has 0 aliphatic carbocycles. The summed E-state index contributed by atoms with van der Waals surface area (Å²) in [7, 11) is 1.15. The number of alkyl halides is 3. The Balaban J connectivity index is 1.43. The lowest BCUT2D eigenvalue weighted by Crippen LogP contribution is -2.74. The van der Waals surface area contributed by atoms with Crippen LogP contribution in [-0.2, 0) is 40.2 Å². The van der Waals surface area contributed by atoms with Crippen molar-refractivity contribution in [1.29, 1.82) is 0 Å². The Morgan fingerprint density at radius 1 is 1.29 bits per heavy atom. The number of terminal acetylenes is 1. The van der Waals surface area contributed by atoms with Crippen LogP contribution in [0.1, 0.15) is 5.69 Å². The molecule has 2 aromatic rings. The van der Waals surface area contributed by atoms with Gasteiger partial charge in [0.1, 0.15) is 29.6 Å². The number of β-lactam (4-membered cyclic amide) rings is 1. The Kier molecular flexibility index (Phi) is 11.1. The smallest absolute Gasteiger partial charge is 0.471 e. The number of aromatic nitrogens is 5. The Hall–Kier alpha value is -4.96. The predicted molar refractivity (Wildman–Crippen MR) is 159 cm³/mol. The number of halogens is 3. The number of tetrazole rings is 1. The lowest BCUT2D eigenvalue weighted by Gasteiger charge is -2.53. The van der Waals surface area contributed by atoms with Gasteiger partial charge in [-0.25, -0.2) is 14.5 Å². The van der Waals surface area contributed by atoms with Crippen LogP contribution in [0.3, 0.4) is 0 Å². The van der Waals surface area contributed by atoms with Gasteiger partial charge in [-0.2, -0.15) is 13.2 Å². The molecule has 19 nitrogen and oxygen atoms in total. The molecular weight excluding hydrogens is 714 g/mol. The normalized spacial score (nSPS) is 21.0. The van der Waals surface area contributed by atoms with Gasteiger partial charge in [-0.3, -0.25) is 24.5 Å². The minimum atomic E-state index is -5.19. The van der Waals surface area contributed by atoms with E-state index in [4.69, 9.17) is 11.3 Å². The summed E-state index contributed by atoms with van der Waals surface area (Å²) in [5, 5.41) is 41.5. The number of anilines is 1. The SMILES string of the molecule is C#CCON=C(C(=O)NC1C(=O)N2CC(CSc3nnnn3CC(=NOC)C(=O)O)(C(=O)O)CS[C@H]12)c1csc(NC(=O)C(F)(F)F)n1. The standard InChI is InChI=1S/C23H21F3N10O9S3/c1-3-4-45-32-12(11-6-46-20(27-11)29-18(41)23(24,25)26)14(37)28-13-15(38)35-7-22(19(42)43,8-47-16(13)35)9-48-21-30-33-34-36(21)5-10(17(39)40)31-44-2/h1,6,13,16H,4-5,7-9H2,2H3,(H,28,37)(H,39,40)(H,42,43)(H,27,29,41)/t13?,16-,22?/m1/s1. The van der Waals surface area contributed by atoms with Gasteiger partial charge in [0.05, 0.1) is 6.54 Å². The molecule has 0 spiro atoms. The van der Waals surface area contributed by atoms with E-state index in [9.17, 15) is 47.4 Å². The number of aliphatic carboxylic acids is 2. The van der Waals surface area contributed by atoms with Gasteiger partial charge in [-0.05, 0) is 10.4 Å². The molecule has 0 aromatic carbocycles. The van der Waals surface area contributed by atoms with E-state index >= 15 is 0 Å². The molecule has 3 amide bonds. The first-order chi connectivity index (χ1) is 22.7. The highest BCUT2D eigenvalue weighted by Crippen LogP contribution is 2.44. The van der Waals surface area contributed by atoms with Gasteiger partial charge in [0.2, 0.25) is 11.1 Å². The Morgan fingerprint density at radius 2 is 2.04 bits per heavy atom. The third kappa shape index (κ3) is 7.94. The highest BCUT2D eigenvalue weighted by Gasteiger charge is 2.57. The number of fused-ring (bicyclic) bond motifs is 1. The number of oxime groups is 2. The van der Waals surface area contributed by atoms with Crippen LogP contribution >= 0.6 is 34.9 Å². The largest absolute Gasteiger partial charge is 0.481 e. The Bertz CT molecular complexity index is 1710. The van der Waals surface area contributed by atoms with Gasteiger partial charge >= 0.3 is 24.0 Å². The molecule has 3 atom stereocenters. The van der Waals surface area contributed by atoms with Crippen LogP contribution in [0.15, 0.2) is 20.8 Å². The number of amides is 3. The molecule has 25 heteroatoms. The number of thioether (sulfide) groups is 2. The third-order valence-electron chi connectivity index (χ3n) is 6.35. The molecule has 2 aliphatic rings. The van der Waals surface area contributed by atoms with Crippen LogP contribution in [-0.4, -0.2) is 131 Å². The summed E-state index contributed by atoms with van der Waals surface area (Å²) in [6.07, 6.45) is -0.0690. The zero-order chi connectivity index (χ0) is 35.2. The first-order valence-electron chi connectivity index (χ1n) is 12.9. The fourth-order valence-corrected chi connectivity index (χ4v) is 7.48. The molecule has 2 unspecified atom stereocenters. The molecule has 0 bridgehead atoms. The molecule has 2 aromatic heterocycles. The summed E-state index contributed by atoms with van der Waals surface area (Å²) in [6.45, 7) is -1.03. The Labute approximate surface area is 278 Å². The number of carbonyl (C=O) groups is 5. The maximum absolute atomic E-state index is 13.2. The first kappa shape index (κ1) is 35.9. The van der Waals surface area contributed by atoms with E-state index in [2.05, 4.69) is 46.9 Å². The van der Waals surface area contributed by atoms with Gasteiger partial charge in [-0.1, -0.05) is 28.0 Å². The number of nitrogens with zero attached hydrogens (tertiary/aromatic N) is 8. The molecule has 2 aliphatic heterocycles. The summed E-state index contributed by atoms with van der Waals surface area (Å²) in [4.78, 5) is 75.8. The quantitative estimate of drug-likeness (QED) is 0.0469. The molecular formula is C23H21F3N10O9S3. The number of carboxylic acid groups (broad SMARTS) is 2. The van der Waals surface area contributed by atoms with E-state index in [1.54, 1.807) is 5.32 Å². The minimum Gasteiger partial charge on any atom is -0.481 e. The van der Waals surface area contributed by atoms with Gasteiger partial charge in [0, 0.05) is 23.4 Å². The maximum Gasteiger partial charge on any atom is 0.471 e. The second kappa shape index (κ2) is 14.9. The zero-order valence-electron chi connectivity index (χ0n) is 24.0. The van der Waals surface area contributed by atoms with Crippen molar-refractivity contribution in [2.24, 2.45) is 15.7 Å². The highest BCUT2D eigenvalue weighted by atomic mass is 32.2. The minimum absolute atomic E-state index is 0.0240. The lowest BCUT2D eigenvalue weighted by atomic mass is 9.89. The first-order valence-corrected chi connectivity index (χ1v) is 15.8. The third-order valence-corrected chi connectivity index (χ3v) is 9.95. The Morgan fingerprint density at radius 3 is 2.69 bits per heavy atom. The van der Waals surface area contributed by atoms with Crippen LogP contribution in [0.5, 0.6) is 0 Å². The van der Waals surface area contributed by atoms with Crippen LogP contribution in [0.2, 0.25) is 0 Å². The van der Waals surface area contributed by atoms with Crippen LogP contribution in [0, 0.1) is 17.8 Å². The number of rotatable bonds is 14. The second-order valence-electron chi connectivity index (χ2n) is 9.55. The number of thiazole rings is 1. The summed E-state index contributed by atoms with van der Waals surface area (Å²) in [5.41, 5.74) is -2.78. The lowest BCUT2D eigenvalue weighted by molar-refractivity contribution is -0.167. The molecule has 4 heterocycles. The van der Waals surface area contributed by atoms with Crippen LogP contribution in [0.4, 0.5) is 18.3 Å². The number of carbonyl (C=O) groups excluding carboxylic acids is 3. The average molecular weight is 735 g/mol. The monoisotopic (exact) mass is 734 g/mol. The van der Waals surface area contributed by atoms with Crippen molar-refractivity contribution in [3.63, 3.8) is 0 Å². The summed E-state index contributed by atoms with van der Waals surface area (Å²) in [6, 6.07) is -1.15. The van der Waals surface area contributed by atoms with Crippen molar-refractivity contribution in [1.82, 2.24) is 35.4 Å². The molecule has 4 rings (SSSR count). The van der Waals surface area contributed by atoms with E-state index in [1.807, 2.05) is 0 Å². The van der Waals surface area contributed by atoms with E-state index in [1.165, 1.54) is 4.90 Å². The summed E-state index contributed by atoms with van der Waals surface area (Å²) in [5.74, 6) is -4.61. The fourth-order valence-electron chi connectivity index (χ4n) is 4.05. The van der Waals surface area contributed by atoms with Crippen LogP contribution in [0.25, 0.3) is 0 Å². The van der Waals surface area contributed by atoms with Crippen molar-refractivity contribution in [3.8, 4) is 12.3 Å². The predicted octanol–water partition coefficient (Wildman–Crippen LogP) is -0.665. The molecule has 48 heavy (non-hydrogen) atoms. The highest BCUT2D eigenvalue weighted by molar-refractivity contribution is 8.00. The van der Waals surface area contributed by atoms with Crippen LogP contribution < -0.4 is 10.6 Å². The van der Waals surface area contributed by atoms with E-state index < -0.39 is 75.8 Å². The fraction of sp³-hybridized carbons (Fsp3) is 0.435. The molecule has 2 fully saturated rings.